The lowest BCUT2D eigenvalue weighted by molar-refractivity contribution is -0.385. The van der Waals surface area contributed by atoms with Crippen LogP contribution in [-0.2, 0) is 0 Å². The molecule has 7 heteroatoms. The van der Waals surface area contributed by atoms with Gasteiger partial charge >= 0.3 is 6.03 Å². The van der Waals surface area contributed by atoms with E-state index in [0.29, 0.717) is 11.3 Å². The van der Waals surface area contributed by atoms with Gasteiger partial charge < -0.3 is 10.6 Å². The summed E-state index contributed by atoms with van der Waals surface area (Å²) in [5.74, 6) is 0. The lowest BCUT2D eigenvalue weighted by Gasteiger charge is -2.15. The van der Waals surface area contributed by atoms with E-state index in [2.05, 4.69) is 15.6 Å². The number of urea groups is 1. The zero-order chi connectivity index (χ0) is 16.1. The molecule has 114 valence electrons. The van der Waals surface area contributed by atoms with Gasteiger partial charge in [0.15, 0.2) is 0 Å². The molecule has 0 radical (unpaired) electrons. The van der Waals surface area contributed by atoms with Crippen LogP contribution in [-0.4, -0.2) is 15.9 Å². The topological polar surface area (TPSA) is 97.2 Å². The van der Waals surface area contributed by atoms with E-state index in [0.717, 1.165) is 5.56 Å². The Labute approximate surface area is 127 Å². The maximum atomic E-state index is 12.0. The van der Waals surface area contributed by atoms with Gasteiger partial charge in [-0.25, -0.2) is 4.79 Å². The molecule has 0 aliphatic carbocycles. The van der Waals surface area contributed by atoms with Crippen molar-refractivity contribution in [3.05, 3.63) is 64.0 Å². The van der Waals surface area contributed by atoms with Crippen LogP contribution in [0.1, 0.15) is 24.1 Å². The van der Waals surface area contributed by atoms with Crippen LogP contribution in [0.25, 0.3) is 0 Å². The predicted octanol–water partition coefficient (Wildman–Crippen LogP) is 3.18. The number of carbonyl (C=O) groups is 1. The van der Waals surface area contributed by atoms with Crippen molar-refractivity contribution in [1.29, 1.82) is 0 Å². The van der Waals surface area contributed by atoms with Crippen molar-refractivity contribution in [2.75, 3.05) is 5.32 Å². The highest BCUT2D eigenvalue weighted by molar-refractivity contribution is 5.91. The molecule has 1 aromatic heterocycles. The van der Waals surface area contributed by atoms with E-state index in [1.807, 2.05) is 19.1 Å². The number of hydrogen-bond acceptors (Lipinski definition) is 4. The van der Waals surface area contributed by atoms with E-state index in [9.17, 15) is 14.9 Å². The predicted molar refractivity (Wildman–Crippen MR) is 82.6 cm³/mol. The maximum Gasteiger partial charge on any atom is 0.319 e. The largest absolute Gasteiger partial charge is 0.331 e. The van der Waals surface area contributed by atoms with Gasteiger partial charge in [0.2, 0.25) is 0 Å². The number of carbonyl (C=O) groups excluding carboxylic acids is 1. The molecule has 1 heterocycles. The fourth-order valence-corrected chi connectivity index (χ4v) is 2.05. The molecule has 7 nitrogen and oxygen atoms in total. The Morgan fingerprint density at radius 1 is 1.27 bits per heavy atom. The molecule has 2 rings (SSSR count). The second-order valence-electron chi connectivity index (χ2n) is 4.81. The monoisotopic (exact) mass is 300 g/mol. The number of nitrogens with zero attached hydrogens (tertiary/aromatic N) is 2. The summed E-state index contributed by atoms with van der Waals surface area (Å²) in [7, 11) is 0. The third-order valence-electron chi connectivity index (χ3n) is 3.30. The Hall–Kier alpha value is -2.96. The summed E-state index contributed by atoms with van der Waals surface area (Å²) >= 11 is 0. The first-order valence-corrected chi connectivity index (χ1v) is 6.70. The second-order valence-corrected chi connectivity index (χ2v) is 4.81. The van der Waals surface area contributed by atoms with Gasteiger partial charge in [0.25, 0.3) is 5.69 Å². The number of nitro benzene ring substituents is 1. The minimum atomic E-state index is -0.474. The number of benzene rings is 1. The highest BCUT2D eigenvalue weighted by atomic mass is 16.6. The summed E-state index contributed by atoms with van der Waals surface area (Å²) in [4.78, 5) is 26.4. The number of aromatic nitrogens is 1. The molecule has 0 saturated heterocycles. The highest BCUT2D eigenvalue weighted by Crippen LogP contribution is 2.25. The van der Waals surface area contributed by atoms with E-state index >= 15 is 0 Å². The fraction of sp³-hybridized carbons (Fsp3) is 0.200. The molecule has 2 amide bonds. The van der Waals surface area contributed by atoms with Gasteiger partial charge in [-0.15, -0.1) is 0 Å². The van der Waals surface area contributed by atoms with Crippen molar-refractivity contribution in [3.8, 4) is 0 Å². The summed E-state index contributed by atoms with van der Waals surface area (Å²) in [6.45, 7) is 3.44. The van der Waals surface area contributed by atoms with Gasteiger partial charge in [-0.3, -0.25) is 15.1 Å². The minimum Gasteiger partial charge on any atom is -0.331 e. The first kappa shape index (κ1) is 15.4. The van der Waals surface area contributed by atoms with Crippen molar-refractivity contribution in [1.82, 2.24) is 10.3 Å². The fourth-order valence-electron chi connectivity index (χ4n) is 2.05. The summed E-state index contributed by atoms with van der Waals surface area (Å²) < 4.78 is 0. The van der Waals surface area contributed by atoms with Crippen LogP contribution in [0, 0.1) is 17.0 Å². The van der Waals surface area contributed by atoms with Crippen molar-refractivity contribution in [3.63, 3.8) is 0 Å². The Kier molecular flexibility index (Phi) is 4.67. The van der Waals surface area contributed by atoms with Gasteiger partial charge in [-0.2, -0.15) is 0 Å². The number of nitrogens with one attached hydrogen (secondary N) is 2. The molecule has 0 spiro atoms. The van der Waals surface area contributed by atoms with Gasteiger partial charge in [0.05, 0.1) is 22.2 Å². The molecule has 0 saturated carbocycles. The van der Waals surface area contributed by atoms with Crippen molar-refractivity contribution >= 4 is 17.4 Å². The molecule has 0 aliphatic rings. The summed E-state index contributed by atoms with van der Waals surface area (Å²) in [5, 5.41) is 16.3. The molecule has 1 atom stereocenters. The molecule has 2 aromatic rings. The third kappa shape index (κ3) is 3.57. The molecule has 2 N–H and O–H groups in total. The second kappa shape index (κ2) is 6.66. The van der Waals surface area contributed by atoms with Crippen LogP contribution >= 0.6 is 0 Å². The average molecular weight is 300 g/mol. The van der Waals surface area contributed by atoms with Crippen LogP contribution in [0.3, 0.4) is 0 Å². The Balaban J connectivity index is 2.07. The molecule has 1 unspecified atom stereocenters. The lowest BCUT2D eigenvalue weighted by atomic mass is 10.1. The molecule has 22 heavy (non-hydrogen) atoms. The minimum absolute atomic E-state index is 0.0278. The molecule has 1 aromatic carbocycles. The van der Waals surface area contributed by atoms with E-state index in [1.165, 1.54) is 12.1 Å². The first-order chi connectivity index (χ1) is 10.5. The van der Waals surface area contributed by atoms with Crippen LogP contribution in [0.15, 0.2) is 42.7 Å². The summed E-state index contributed by atoms with van der Waals surface area (Å²) in [5.41, 5.74) is 1.72. The number of hydrogen-bond donors (Lipinski definition) is 2. The van der Waals surface area contributed by atoms with Crippen LogP contribution < -0.4 is 10.6 Å². The van der Waals surface area contributed by atoms with Gasteiger partial charge in [-0.05, 0) is 37.6 Å². The van der Waals surface area contributed by atoms with Crippen molar-refractivity contribution < 1.29 is 9.72 Å². The number of anilines is 1. The van der Waals surface area contributed by atoms with E-state index in [4.69, 9.17) is 0 Å². The molecular formula is C15H16N4O3. The maximum absolute atomic E-state index is 12.0. The summed E-state index contributed by atoms with van der Waals surface area (Å²) in [6.07, 6.45) is 3.30. The van der Waals surface area contributed by atoms with Crippen LogP contribution in [0.5, 0.6) is 0 Å². The van der Waals surface area contributed by atoms with Gasteiger partial charge in [0.1, 0.15) is 0 Å². The van der Waals surface area contributed by atoms with Crippen LogP contribution in [0.2, 0.25) is 0 Å². The smallest absolute Gasteiger partial charge is 0.319 e. The Morgan fingerprint density at radius 2 is 1.95 bits per heavy atom. The van der Waals surface area contributed by atoms with E-state index in [1.54, 1.807) is 25.4 Å². The average Bonchev–Trinajstić information content (AvgIpc) is 2.50. The molecular weight excluding hydrogens is 284 g/mol. The van der Waals surface area contributed by atoms with Crippen molar-refractivity contribution in [2.24, 2.45) is 0 Å². The lowest BCUT2D eigenvalue weighted by Crippen LogP contribution is -2.31. The third-order valence-corrected chi connectivity index (χ3v) is 3.30. The molecule has 0 fully saturated rings. The van der Waals surface area contributed by atoms with E-state index in [-0.39, 0.29) is 11.7 Å². The molecule has 0 aliphatic heterocycles. The highest BCUT2D eigenvalue weighted by Gasteiger charge is 2.15. The quantitative estimate of drug-likeness (QED) is 0.669. The number of pyridine rings is 1. The normalized spacial score (nSPS) is 11.5. The number of rotatable bonds is 4. The molecule has 0 bridgehead atoms. The number of nitro groups is 1. The SMILES string of the molecule is Cc1c(NC(=O)NC(C)c2ccncc2)cccc1[N+](=O)[O-]. The number of amides is 2. The zero-order valence-electron chi connectivity index (χ0n) is 12.2. The Bertz CT molecular complexity index is 688. The van der Waals surface area contributed by atoms with Crippen LogP contribution in [0.4, 0.5) is 16.2 Å². The standard InChI is InChI=1S/C15H16N4O3/c1-10-13(4-3-5-14(10)19(21)22)18-15(20)17-11(2)12-6-8-16-9-7-12/h3-9,11H,1-2H3,(H2,17,18,20). The summed E-state index contributed by atoms with van der Waals surface area (Å²) in [6, 6.07) is 7.55. The van der Waals surface area contributed by atoms with Gasteiger partial charge in [-0.1, -0.05) is 6.07 Å². The zero-order valence-corrected chi connectivity index (χ0v) is 12.2. The van der Waals surface area contributed by atoms with Gasteiger partial charge in [0, 0.05) is 18.5 Å². The van der Waals surface area contributed by atoms with E-state index < -0.39 is 11.0 Å². The first-order valence-electron chi connectivity index (χ1n) is 6.70. The van der Waals surface area contributed by atoms with Crippen molar-refractivity contribution in [2.45, 2.75) is 19.9 Å². The Morgan fingerprint density at radius 3 is 2.59 bits per heavy atom.